The third-order valence-electron chi connectivity index (χ3n) is 5.07. The van der Waals surface area contributed by atoms with Crippen LogP contribution in [0.3, 0.4) is 0 Å². The highest BCUT2D eigenvalue weighted by Gasteiger charge is 2.68. The third-order valence-corrected chi connectivity index (χ3v) is 5.07. The number of Topliss-reactive ketones (excluding diaryl/α,β-unsaturated/α-hetero) is 1. The van der Waals surface area contributed by atoms with Crippen LogP contribution in [0.2, 0.25) is 0 Å². The first-order valence-corrected chi connectivity index (χ1v) is 6.07. The third kappa shape index (κ3) is 1.14. The van der Waals surface area contributed by atoms with Crippen molar-refractivity contribution in [1.29, 1.82) is 0 Å². The van der Waals surface area contributed by atoms with Crippen LogP contribution < -0.4 is 0 Å². The van der Waals surface area contributed by atoms with Gasteiger partial charge in [0.05, 0.1) is 6.61 Å². The molecule has 0 N–H and O–H groups in total. The minimum absolute atomic E-state index is 0.0679. The molecule has 2 rings (SSSR count). The summed E-state index contributed by atoms with van der Waals surface area (Å²) in [6.45, 7) is 8.37. The van der Waals surface area contributed by atoms with E-state index in [1.807, 2.05) is 6.92 Å². The topological polar surface area (TPSA) is 43.4 Å². The number of fused-ring (bicyclic) bond motifs is 2. The van der Waals surface area contributed by atoms with Crippen LogP contribution in [0.25, 0.3) is 0 Å². The van der Waals surface area contributed by atoms with Crippen molar-refractivity contribution in [2.45, 2.75) is 40.5 Å². The molecule has 90 valence electrons. The van der Waals surface area contributed by atoms with Gasteiger partial charge < -0.3 is 4.74 Å². The van der Waals surface area contributed by atoms with Crippen LogP contribution in [0.1, 0.15) is 40.5 Å². The number of rotatable bonds is 2. The Bertz CT molecular complexity index is 345. The van der Waals surface area contributed by atoms with Gasteiger partial charge >= 0.3 is 5.97 Å². The fourth-order valence-corrected chi connectivity index (χ4v) is 3.59. The molecule has 0 radical (unpaired) electrons. The van der Waals surface area contributed by atoms with Crippen molar-refractivity contribution in [2.24, 2.45) is 22.7 Å². The minimum atomic E-state index is -0.506. The Balaban J connectivity index is 2.33. The molecule has 2 saturated carbocycles. The largest absolute Gasteiger partial charge is 0.465 e. The van der Waals surface area contributed by atoms with Crippen LogP contribution in [-0.4, -0.2) is 18.4 Å². The zero-order valence-electron chi connectivity index (χ0n) is 10.5. The zero-order chi connectivity index (χ0) is 12.1. The highest BCUT2D eigenvalue weighted by atomic mass is 16.5. The van der Waals surface area contributed by atoms with Gasteiger partial charge in [-0.2, -0.15) is 0 Å². The average Bonchev–Trinajstić information content (AvgIpc) is 2.50. The van der Waals surface area contributed by atoms with Gasteiger partial charge in [-0.15, -0.1) is 0 Å². The Kier molecular flexibility index (Phi) is 2.41. The smallest absolute Gasteiger partial charge is 0.316 e. The van der Waals surface area contributed by atoms with Gasteiger partial charge in [-0.25, -0.2) is 0 Å². The zero-order valence-corrected chi connectivity index (χ0v) is 10.5. The molecule has 0 amide bonds. The van der Waals surface area contributed by atoms with Crippen molar-refractivity contribution < 1.29 is 14.3 Å². The van der Waals surface area contributed by atoms with Gasteiger partial charge in [0.25, 0.3) is 0 Å². The lowest BCUT2D eigenvalue weighted by Gasteiger charge is -2.32. The molecule has 3 heteroatoms. The summed E-state index contributed by atoms with van der Waals surface area (Å²) in [5.74, 6) is -0.543. The van der Waals surface area contributed by atoms with Crippen molar-refractivity contribution in [3.63, 3.8) is 0 Å². The predicted molar refractivity (Wildman–Crippen MR) is 59.7 cm³/mol. The van der Waals surface area contributed by atoms with E-state index in [1.165, 1.54) is 0 Å². The van der Waals surface area contributed by atoms with Gasteiger partial charge in [0.1, 0.15) is 5.92 Å². The van der Waals surface area contributed by atoms with Gasteiger partial charge in [0, 0.05) is 5.41 Å². The fourth-order valence-electron chi connectivity index (χ4n) is 3.59. The molecule has 3 nitrogen and oxygen atoms in total. The maximum Gasteiger partial charge on any atom is 0.316 e. The quantitative estimate of drug-likeness (QED) is 0.533. The van der Waals surface area contributed by atoms with Crippen molar-refractivity contribution in [3.05, 3.63) is 0 Å². The van der Waals surface area contributed by atoms with Crippen LogP contribution >= 0.6 is 0 Å². The molecule has 16 heavy (non-hydrogen) atoms. The molecule has 0 spiro atoms. The standard InChI is InChI=1S/C13H20O3/c1-5-16-11(15)9-8-6-7-13(4,10(9)14)12(8,2)3/h8-9H,5-7H2,1-4H3/t8-,9-,13+/m1/s1. The van der Waals surface area contributed by atoms with E-state index in [9.17, 15) is 9.59 Å². The average molecular weight is 224 g/mol. The monoisotopic (exact) mass is 224 g/mol. The predicted octanol–water partition coefficient (Wildman–Crippen LogP) is 2.19. The van der Waals surface area contributed by atoms with E-state index >= 15 is 0 Å². The van der Waals surface area contributed by atoms with Crippen molar-refractivity contribution >= 4 is 11.8 Å². The van der Waals surface area contributed by atoms with Gasteiger partial charge in [-0.05, 0) is 31.1 Å². The molecule has 3 atom stereocenters. The molecule has 2 aliphatic carbocycles. The van der Waals surface area contributed by atoms with Gasteiger partial charge in [0.15, 0.2) is 5.78 Å². The van der Waals surface area contributed by atoms with Gasteiger partial charge in [0.2, 0.25) is 0 Å². The van der Waals surface area contributed by atoms with E-state index in [4.69, 9.17) is 4.74 Å². The van der Waals surface area contributed by atoms with E-state index in [0.29, 0.717) is 6.61 Å². The summed E-state index contributed by atoms with van der Waals surface area (Å²) in [5.41, 5.74) is -0.392. The highest BCUT2D eigenvalue weighted by molar-refractivity contribution is 6.05. The number of carbonyl (C=O) groups is 2. The molecule has 0 saturated heterocycles. The lowest BCUT2D eigenvalue weighted by molar-refractivity contribution is -0.154. The van der Waals surface area contributed by atoms with E-state index in [-0.39, 0.29) is 28.5 Å². The lowest BCUT2D eigenvalue weighted by atomic mass is 9.70. The molecular formula is C13H20O3. The highest BCUT2D eigenvalue weighted by Crippen LogP contribution is 2.65. The summed E-state index contributed by atoms with van der Waals surface area (Å²) in [6.07, 6.45) is 1.89. The van der Waals surface area contributed by atoms with Crippen LogP contribution in [-0.2, 0) is 14.3 Å². The van der Waals surface area contributed by atoms with E-state index < -0.39 is 5.92 Å². The summed E-state index contributed by atoms with van der Waals surface area (Å²) in [7, 11) is 0. The second kappa shape index (κ2) is 3.31. The lowest BCUT2D eigenvalue weighted by Crippen LogP contribution is -2.36. The number of ketones is 1. The SMILES string of the molecule is CCOC(=O)[C@H]1C(=O)[C@]2(C)CC[C@H]1C2(C)C. The van der Waals surface area contributed by atoms with Crippen molar-refractivity contribution in [2.75, 3.05) is 6.61 Å². The Morgan fingerprint density at radius 1 is 1.44 bits per heavy atom. The second-order valence-electron chi connectivity index (χ2n) is 5.79. The summed E-state index contributed by atoms with van der Waals surface area (Å²) in [6, 6.07) is 0. The molecule has 0 aliphatic heterocycles. The Morgan fingerprint density at radius 3 is 2.50 bits per heavy atom. The Labute approximate surface area is 96.5 Å². The molecule has 0 aromatic heterocycles. The van der Waals surface area contributed by atoms with Crippen molar-refractivity contribution in [1.82, 2.24) is 0 Å². The Hall–Kier alpha value is -0.860. The first-order chi connectivity index (χ1) is 7.36. The summed E-state index contributed by atoms with van der Waals surface area (Å²) >= 11 is 0. The number of hydrogen-bond acceptors (Lipinski definition) is 3. The summed E-state index contributed by atoms with van der Waals surface area (Å²) < 4.78 is 5.03. The molecule has 0 unspecified atom stereocenters. The molecule has 0 aromatic carbocycles. The molecule has 2 aliphatic rings. The van der Waals surface area contributed by atoms with Gasteiger partial charge in [-0.3, -0.25) is 9.59 Å². The number of ether oxygens (including phenoxy) is 1. The number of esters is 1. The van der Waals surface area contributed by atoms with E-state index in [0.717, 1.165) is 12.8 Å². The van der Waals surface area contributed by atoms with E-state index in [1.54, 1.807) is 6.92 Å². The first-order valence-electron chi connectivity index (χ1n) is 6.07. The molecule has 0 heterocycles. The van der Waals surface area contributed by atoms with Gasteiger partial charge in [-0.1, -0.05) is 20.8 Å². The van der Waals surface area contributed by atoms with Crippen LogP contribution in [0.4, 0.5) is 0 Å². The molecule has 2 bridgehead atoms. The Morgan fingerprint density at radius 2 is 2.06 bits per heavy atom. The summed E-state index contributed by atoms with van der Waals surface area (Å²) in [4.78, 5) is 24.2. The van der Waals surface area contributed by atoms with E-state index in [2.05, 4.69) is 13.8 Å². The fraction of sp³-hybridized carbons (Fsp3) is 0.846. The second-order valence-corrected chi connectivity index (χ2v) is 5.79. The summed E-state index contributed by atoms with van der Waals surface area (Å²) in [5, 5.41) is 0. The maximum absolute atomic E-state index is 12.3. The molecule has 0 aromatic rings. The van der Waals surface area contributed by atoms with Crippen molar-refractivity contribution in [3.8, 4) is 0 Å². The number of hydrogen-bond donors (Lipinski definition) is 0. The molecular weight excluding hydrogens is 204 g/mol. The van der Waals surface area contributed by atoms with Crippen LogP contribution in [0, 0.1) is 22.7 Å². The van der Waals surface area contributed by atoms with Crippen LogP contribution in [0.5, 0.6) is 0 Å². The van der Waals surface area contributed by atoms with Crippen LogP contribution in [0.15, 0.2) is 0 Å². The molecule has 2 fully saturated rings. The minimum Gasteiger partial charge on any atom is -0.465 e. The first kappa shape index (κ1) is 11.6. The maximum atomic E-state index is 12.3. The normalized spacial score (nSPS) is 40.1. The number of carbonyl (C=O) groups excluding carboxylic acids is 2.